The Bertz CT molecular complexity index is 515. The number of H-pyrrole nitrogens is 1. The fourth-order valence-electron chi connectivity index (χ4n) is 3.21. The zero-order chi connectivity index (χ0) is 14.9. The van der Waals surface area contributed by atoms with E-state index in [2.05, 4.69) is 34.3 Å². The Morgan fingerprint density at radius 2 is 1.90 bits per heavy atom. The van der Waals surface area contributed by atoms with Crippen molar-refractivity contribution < 1.29 is 0 Å². The summed E-state index contributed by atoms with van der Waals surface area (Å²) < 4.78 is 0. The van der Waals surface area contributed by atoms with Crippen LogP contribution in [-0.4, -0.2) is 27.1 Å². The van der Waals surface area contributed by atoms with Gasteiger partial charge in [-0.05, 0) is 47.5 Å². The Hall–Kier alpha value is -1.20. The monoisotopic (exact) mass is 278 g/mol. The van der Waals surface area contributed by atoms with E-state index in [0.29, 0.717) is 17.9 Å². The molecule has 0 radical (unpaired) electrons. The topological polar surface area (TPSA) is 61.0 Å². The van der Waals surface area contributed by atoms with E-state index in [1.807, 2.05) is 20.8 Å². The second-order valence-electron chi connectivity index (χ2n) is 6.04. The fraction of sp³-hybridized carbons (Fsp3) is 0.733. The first-order valence-electron chi connectivity index (χ1n) is 7.52. The zero-order valence-corrected chi connectivity index (χ0v) is 13.2. The van der Waals surface area contributed by atoms with Gasteiger partial charge >= 0.3 is 0 Å². The molecule has 2 heterocycles. The van der Waals surface area contributed by atoms with Crippen molar-refractivity contribution in [1.29, 1.82) is 0 Å². The summed E-state index contributed by atoms with van der Waals surface area (Å²) in [4.78, 5) is 19.3. The Kier molecular flexibility index (Phi) is 4.60. The van der Waals surface area contributed by atoms with Crippen LogP contribution in [0.5, 0.6) is 0 Å². The molecule has 3 unspecified atom stereocenters. The smallest absolute Gasteiger partial charge is 0.255 e. The van der Waals surface area contributed by atoms with Gasteiger partial charge in [-0.2, -0.15) is 0 Å². The highest BCUT2D eigenvalue weighted by Gasteiger charge is 2.27. The number of hydrogen-bond acceptors (Lipinski definition) is 4. The van der Waals surface area contributed by atoms with Crippen LogP contribution >= 0.6 is 0 Å². The van der Waals surface area contributed by atoms with Gasteiger partial charge in [0.05, 0.1) is 11.6 Å². The lowest BCUT2D eigenvalue weighted by Crippen LogP contribution is -2.53. The number of nitrogens with one attached hydrogen (secondary N) is 2. The third-order valence-corrected chi connectivity index (χ3v) is 4.23. The quantitative estimate of drug-likeness (QED) is 0.890. The van der Waals surface area contributed by atoms with E-state index in [1.165, 1.54) is 19.3 Å². The van der Waals surface area contributed by atoms with Crippen molar-refractivity contribution in [2.75, 3.05) is 0 Å². The van der Waals surface area contributed by atoms with E-state index in [4.69, 9.17) is 0 Å². The van der Waals surface area contributed by atoms with Crippen molar-refractivity contribution in [1.82, 2.24) is 20.4 Å². The van der Waals surface area contributed by atoms with Gasteiger partial charge in [0.15, 0.2) is 0 Å². The highest BCUT2D eigenvalue weighted by Crippen LogP contribution is 2.22. The molecule has 20 heavy (non-hydrogen) atoms. The normalized spacial score (nSPS) is 25.6. The maximum atomic E-state index is 12.2. The molecule has 0 aliphatic carbocycles. The molecule has 0 spiro atoms. The highest BCUT2D eigenvalue weighted by molar-refractivity contribution is 5.19. The van der Waals surface area contributed by atoms with Crippen LogP contribution in [0, 0.1) is 13.8 Å². The number of piperidine rings is 1. The number of hydrogen-bond donors (Lipinski definition) is 2. The van der Waals surface area contributed by atoms with Crippen LogP contribution in [0.3, 0.4) is 0 Å². The maximum Gasteiger partial charge on any atom is 0.255 e. The first kappa shape index (κ1) is 15.2. The predicted molar refractivity (Wildman–Crippen MR) is 80.5 cm³/mol. The van der Waals surface area contributed by atoms with Gasteiger partial charge in [0.1, 0.15) is 5.82 Å². The van der Waals surface area contributed by atoms with Crippen molar-refractivity contribution in [2.45, 2.75) is 72.0 Å². The van der Waals surface area contributed by atoms with Gasteiger partial charge in [-0.3, -0.25) is 4.79 Å². The molecule has 1 aromatic rings. The third kappa shape index (κ3) is 3.10. The Morgan fingerprint density at radius 3 is 2.45 bits per heavy atom. The molecule has 2 rings (SSSR count). The number of aromatic amines is 1. The average molecular weight is 278 g/mol. The summed E-state index contributed by atoms with van der Waals surface area (Å²) in [5, 5.41) is 2.30. The summed E-state index contributed by atoms with van der Waals surface area (Å²) in [5.41, 5.74) is 5.02. The van der Waals surface area contributed by atoms with Crippen LogP contribution in [0.25, 0.3) is 0 Å². The minimum absolute atomic E-state index is 0.0325. The van der Waals surface area contributed by atoms with E-state index in [1.54, 1.807) is 0 Å². The number of nitrogens with zero attached hydrogens (tertiary/aromatic N) is 2. The predicted octanol–water partition coefficient (Wildman–Crippen LogP) is 2.22. The summed E-state index contributed by atoms with van der Waals surface area (Å²) in [5.74, 6) is 0.670. The van der Waals surface area contributed by atoms with E-state index < -0.39 is 0 Å². The van der Waals surface area contributed by atoms with Crippen LogP contribution in [0.1, 0.15) is 63.2 Å². The molecule has 5 heteroatoms. The standard InChI is InChI=1S/C15H26N4O/c1-9-7-6-8-10(2)19(9)18-12(4)14-11(3)16-13(5)17-15(14)20/h9-10,12,18H,6-8H2,1-5H3,(H,16,17,20). The Labute approximate surface area is 120 Å². The van der Waals surface area contributed by atoms with Crippen molar-refractivity contribution in [3.8, 4) is 0 Å². The van der Waals surface area contributed by atoms with Crippen LogP contribution < -0.4 is 11.0 Å². The van der Waals surface area contributed by atoms with Gasteiger partial charge < -0.3 is 4.98 Å². The molecule has 0 bridgehead atoms. The second kappa shape index (κ2) is 6.06. The summed E-state index contributed by atoms with van der Waals surface area (Å²) in [6.45, 7) is 10.2. The number of aromatic nitrogens is 2. The minimum atomic E-state index is -0.0349. The number of aryl methyl sites for hydroxylation is 2. The van der Waals surface area contributed by atoms with Gasteiger partial charge in [0.25, 0.3) is 5.56 Å². The molecule has 0 aromatic carbocycles. The third-order valence-electron chi connectivity index (χ3n) is 4.23. The lowest BCUT2D eigenvalue weighted by molar-refractivity contribution is 0.0316. The van der Waals surface area contributed by atoms with Gasteiger partial charge in [0.2, 0.25) is 0 Å². The average Bonchev–Trinajstić information content (AvgIpc) is 2.32. The molecule has 5 nitrogen and oxygen atoms in total. The van der Waals surface area contributed by atoms with Crippen LogP contribution in [0.4, 0.5) is 0 Å². The first-order chi connectivity index (χ1) is 9.40. The largest absolute Gasteiger partial charge is 0.310 e. The van der Waals surface area contributed by atoms with Crippen LogP contribution in [0.15, 0.2) is 4.79 Å². The van der Waals surface area contributed by atoms with Crippen molar-refractivity contribution in [2.24, 2.45) is 0 Å². The molecule has 1 aliphatic heterocycles. The molecule has 3 atom stereocenters. The lowest BCUT2D eigenvalue weighted by Gasteiger charge is -2.40. The van der Waals surface area contributed by atoms with Gasteiger partial charge in [-0.1, -0.05) is 6.42 Å². The van der Waals surface area contributed by atoms with Crippen molar-refractivity contribution in [3.63, 3.8) is 0 Å². The molecule has 1 saturated heterocycles. The molecule has 112 valence electrons. The summed E-state index contributed by atoms with van der Waals surface area (Å²) in [6, 6.07) is 0.966. The van der Waals surface area contributed by atoms with E-state index in [0.717, 1.165) is 11.3 Å². The zero-order valence-electron chi connectivity index (χ0n) is 13.2. The molecular formula is C15H26N4O. The van der Waals surface area contributed by atoms with Gasteiger partial charge in [-0.15, -0.1) is 0 Å². The number of hydrazine groups is 1. The maximum absolute atomic E-state index is 12.2. The first-order valence-corrected chi connectivity index (χ1v) is 7.52. The Balaban J connectivity index is 2.20. The van der Waals surface area contributed by atoms with E-state index >= 15 is 0 Å². The molecule has 0 saturated carbocycles. The SMILES string of the molecule is Cc1nc(C)c(C(C)NN2C(C)CCCC2C)c(=O)[nH]1. The highest BCUT2D eigenvalue weighted by atomic mass is 16.1. The summed E-state index contributed by atoms with van der Waals surface area (Å²) in [7, 11) is 0. The van der Waals surface area contributed by atoms with E-state index in [9.17, 15) is 4.79 Å². The fourth-order valence-corrected chi connectivity index (χ4v) is 3.21. The van der Waals surface area contributed by atoms with Gasteiger partial charge in [-0.25, -0.2) is 15.4 Å². The molecule has 0 amide bonds. The molecule has 2 N–H and O–H groups in total. The van der Waals surface area contributed by atoms with Gasteiger partial charge in [0, 0.05) is 17.8 Å². The van der Waals surface area contributed by atoms with Crippen molar-refractivity contribution >= 4 is 0 Å². The Morgan fingerprint density at radius 1 is 1.30 bits per heavy atom. The molecule has 1 fully saturated rings. The van der Waals surface area contributed by atoms with E-state index in [-0.39, 0.29) is 11.6 Å². The minimum Gasteiger partial charge on any atom is -0.310 e. The summed E-state index contributed by atoms with van der Waals surface area (Å²) >= 11 is 0. The second-order valence-corrected chi connectivity index (χ2v) is 6.04. The summed E-state index contributed by atoms with van der Waals surface area (Å²) in [6.07, 6.45) is 3.68. The molecular weight excluding hydrogens is 252 g/mol. The van der Waals surface area contributed by atoms with Crippen molar-refractivity contribution in [3.05, 3.63) is 27.4 Å². The van der Waals surface area contributed by atoms with Crippen LogP contribution in [-0.2, 0) is 0 Å². The molecule has 1 aliphatic rings. The number of rotatable bonds is 3. The lowest BCUT2D eigenvalue weighted by atomic mass is 9.99. The van der Waals surface area contributed by atoms with Crippen LogP contribution in [0.2, 0.25) is 0 Å². The molecule has 1 aromatic heterocycles.